The van der Waals surface area contributed by atoms with Crippen LogP contribution < -0.4 is 9.64 Å². The van der Waals surface area contributed by atoms with Crippen molar-refractivity contribution in [1.82, 2.24) is 9.97 Å². The van der Waals surface area contributed by atoms with Crippen molar-refractivity contribution in [3.05, 3.63) is 71.3 Å². The van der Waals surface area contributed by atoms with E-state index in [4.69, 9.17) is 9.47 Å². The minimum absolute atomic E-state index is 0.0488. The van der Waals surface area contributed by atoms with Crippen molar-refractivity contribution in [2.45, 2.75) is 18.3 Å². The number of hydrogen-bond donors (Lipinski definition) is 1. The van der Waals surface area contributed by atoms with E-state index in [9.17, 15) is 27.5 Å². The summed E-state index contributed by atoms with van der Waals surface area (Å²) in [6, 6.07) is 7.96. The predicted molar refractivity (Wildman–Crippen MR) is 111 cm³/mol. The van der Waals surface area contributed by atoms with E-state index in [-0.39, 0.29) is 42.7 Å². The van der Waals surface area contributed by atoms with Gasteiger partial charge in [0.1, 0.15) is 23.0 Å². The molecular formula is C23H17F4N3O4. The summed E-state index contributed by atoms with van der Waals surface area (Å²) in [5.41, 5.74) is 0.555. The molecule has 5 rings (SSSR count). The van der Waals surface area contributed by atoms with Crippen molar-refractivity contribution in [3.8, 4) is 17.0 Å². The molecule has 1 amide bonds. The van der Waals surface area contributed by atoms with Gasteiger partial charge < -0.3 is 14.6 Å². The monoisotopic (exact) mass is 475 g/mol. The molecule has 176 valence electrons. The van der Waals surface area contributed by atoms with Gasteiger partial charge in [-0.2, -0.15) is 13.2 Å². The lowest BCUT2D eigenvalue weighted by Crippen LogP contribution is -2.46. The number of nitrogens with zero attached hydrogens (tertiary/aromatic N) is 3. The van der Waals surface area contributed by atoms with Gasteiger partial charge in [-0.15, -0.1) is 0 Å². The number of aliphatic hydroxyl groups is 1. The summed E-state index contributed by atoms with van der Waals surface area (Å²) >= 11 is 0. The number of hydrogen-bond acceptors (Lipinski definition) is 6. The van der Waals surface area contributed by atoms with Crippen LogP contribution in [-0.2, 0) is 16.9 Å². The van der Waals surface area contributed by atoms with Crippen molar-refractivity contribution >= 4 is 11.7 Å². The average molecular weight is 475 g/mol. The molecule has 2 aromatic heterocycles. The van der Waals surface area contributed by atoms with Crippen molar-refractivity contribution in [2.24, 2.45) is 0 Å². The van der Waals surface area contributed by atoms with Crippen LogP contribution in [0.4, 0.5) is 23.4 Å². The Bertz CT molecular complexity index is 1260. The summed E-state index contributed by atoms with van der Waals surface area (Å²) in [7, 11) is 0. The van der Waals surface area contributed by atoms with E-state index in [0.717, 1.165) is 12.1 Å². The third-order valence-corrected chi connectivity index (χ3v) is 5.68. The molecule has 2 aliphatic heterocycles. The largest absolute Gasteiger partial charge is 0.483 e. The maximum absolute atomic E-state index is 13.8. The highest BCUT2D eigenvalue weighted by atomic mass is 19.4. The summed E-state index contributed by atoms with van der Waals surface area (Å²) in [6.45, 7) is -1.23. The number of anilines is 1. The highest BCUT2D eigenvalue weighted by Crippen LogP contribution is 2.38. The molecule has 0 atom stereocenters. The van der Waals surface area contributed by atoms with Crippen molar-refractivity contribution in [1.29, 1.82) is 0 Å². The Labute approximate surface area is 190 Å². The van der Waals surface area contributed by atoms with E-state index in [0.29, 0.717) is 22.5 Å². The fraction of sp³-hybridized carbons (Fsp3) is 0.261. The highest BCUT2D eigenvalue weighted by Gasteiger charge is 2.39. The van der Waals surface area contributed by atoms with Crippen LogP contribution in [0.25, 0.3) is 11.3 Å². The lowest BCUT2D eigenvalue weighted by atomic mass is 9.94. The Morgan fingerprint density at radius 3 is 2.56 bits per heavy atom. The molecule has 1 fully saturated rings. The molecule has 1 saturated heterocycles. The number of alkyl halides is 3. The number of amides is 1. The van der Waals surface area contributed by atoms with Crippen LogP contribution in [0.5, 0.6) is 5.75 Å². The number of halogens is 4. The van der Waals surface area contributed by atoms with Crippen molar-refractivity contribution < 1.29 is 36.9 Å². The number of fused-ring (bicyclic) bond motifs is 1. The molecule has 0 spiro atoms. The Hall–Kier alpha value is -3.57. The number of carbonyl (C=O) groups excluding carboxylic acids is 1. The van der Waals surface area contributed by atoms with Crippen LogP contribution in [0, 0.1) is 5.82 Å². The zero-order chi connectivity index (χ0) is 24.1. The number of pyridine rings is 2. The summed E-state index contributed by atoms with van der Waals surface area (Å²) in [6.07, 6.45) is -1.79. The maximum atomic E-state index is 13.8. The number of ether oxygens (including phenoxy) is 2. The number of aromatic nitrogens is 2. The molecular weight excluding hydrogens is 458 g/mol. The molecule has 0 aliphatic carbocycles. The number of carbonyl (C=O) groups is 1. The Morgan fingerprint density at radius 1 is 1.12 bits per heavy atom. The van der Waals surface area contributed by atoms with E-state index in [1.807, 2.05) is 0 Å². The topological polar surface area (TPSA) is 84.8 Å². The molecule has 2 aliphatic rings. The standard InChI is InChI=1S/C23H17F4N3O4/c24-14-2-3-16(18(7-14)34-12-23(25,26)27)20-17-9-30(21(31)15(17)5-6-28-20)19-4-1-13(8-29-19)22(32)10-33-11-22/h1-8,32H,9-12H2. The first-order chi connectivity index (χ1) is 16.1. The highest BCUT2D eigenvalue weighted by molar-refractivity contribution is 6.10. The van der Waals surface area contributed by atoms with Gasteiger partial charge in [-0.1, -0.05) is 6.07 Å². The molecule has 7 nitrogen and oxygen atoms in total. The van der Waals surface area contributed by atoms with Crippen molar-refractivity contribution in [3.63, 3.8) is 0 Å². The maximum Gasteiger partial charge on any atom is 0.422 e. The fourth-order valence-electron chi connectivity index (χ4n) is 3.90. The molecule has 0 unspecified atom stereocenters. The van der Waals surface area contributed by atoms with Gasteiger partial charge in [0, 0.05) is 40.7 Å². The molecule has 3 aromatic rings. The van der Waals surface area contributed by atoms with Gasteiger partial charge in [-0.25, -0.2) is 9.37 Å². The van der Waals surface area contributed by atoms with Crippen LogP contribution in [-0.4, -0.2) is 47.0 Å². The van der Waals surface area contributed by atoms with Gasteiger partial charge in [0.2, 0.25) is 0 Å². The first-order valence-corrected chi connectivity index (χ1v) is 10.2. The smallest absolute Gasteiger partial charge is 0.422 e. The molecule has 1 N–H and O–H groups in total. The first-order valence-electron chi connectivity index (χ1n) is 10.2. The molecule has 1 aromatic carbocycles. The van der Waals surface area contributed by atoms with Crippen molar-refractivity contribution in [2.75, 3.05) is 24.7 Å². The van der Waals surface area contributed by atoms with E-state index >= 15 is 0 Å². The Kier molecular flexibility index (Phi) is 5.25. The second-order valence-electron chi connectivity index (χ2n) is 8.05. The van der Waals surface area contributed by atoms with Crippen LogP contribution >= 0.6 is 0 Å². The molecule has 0 saturated carbocycles. The SMILES string of the molecule is O=C1c2ccnc(-c3ccc(F)cc3OCC(F)(F)F)c2CN1c1ccc(C2(O)COC2)cn1. The quantitative estimate of drug-likeness (QED) is 0.568. The zero-order valence-electron chi connectivity index (χ0n) is 17.5. The van der Waals surface area contributed by atoms with Crippen LogP contribution in [0.15, 0.2) is 48.8 Å². The number of benzene rings is 1. The van der Waals surface area contributed by atoms with Gasteiger partial charge in [0.25, 0.3) is 5.91 Å². The van der Waals surface area contributed by atoms with E-state index < -0.39 is 24.2 Å². The molecule has 0 bridgehead atoms. The molecule has 0 radical (unpaired) electrons. The van der Waals surface area contributed by atoms with E-state index in [1.165, 1.54) is 29.4 Å². The van der Waals surface area contributed by atoms with Gasteiger partial charge in [-0.3, -0.25) is 14.7 Å². The second kappa shape index (κ2) is 8.03. The van der Waals surface area contributed by atoms with E-state index in [2.05, 4.69) is 9.97 Å². The van der Waals surface area contributed by atoms with Gasteiger partial charge >= 0.3 is 6.18 Å². The minimum Gasteiger partial charge on any atom is -0.483 e. The van der Waals surface area contributed by atoms with Crippen LogP contribution in [0.3, 0.4) is 0 Å². The molecule has 34 heavy (non-hydrogen) atoms. The van der Waals surface area contributed by atoms with E-state index in [1.54, 1.807) is 12.1 Å². The zero-order valence-corrected chi connectivity index (χ0v) is 17.5. The normalized spacial score (nSPS) is 16.9. The Morgan fingerprint density at radius 2 is 1.91 bits per heavy atom. The van der Waals surface area contributed by atoms with Crippen LogP contribution in [0.2, 0.25) is 0 Å². The summed E-state index contributed by atoms with van der Waals surface area (Å²) in [4.78, 5) is 23.0. The third-order valence-electron chi connectivity index (χ3n) is 5.68. The summed E-state index contributed by atoms with van der Waals surface area (Å²) < 4.78 is 61.8. The summed E-state index contributed by atoms with van der Waals surface area (Å²) in [5.74, 6) is -1.14. The number of rotatable bonds is 5. The van der Waals surface area contributed by atoms with Gasteiger partial charge in [0.05, 0.1) is 25.5 Å². The molecule has 4 heterocycles. The Balaban J connectivity index is 1.47. The van der Waals surface area contributed by atoms with Crippen LogP contribution in [0.1, 0.15) is 21.5 Å². The first kappa shape index (κ1) is 22.2. The second-order valence-corrected chi connectivity index (χ2v) is 8.05. The van der Waals surface area contributed by atoms with Gasteiger partial charge in [-0.05, 0) is 24.3 Å². The molecule has 11 heteroatoms. The minimum atomic E-state index is -4.61. The lowest BCUT2D eigenvalue weighted by Gasteiger charge is -2.36. The average Bonchev–Trinajstić information content (AvgIpc) is 3.13. The third kappa shape index (κ3) is 3.97. The fourth-order valence-corrected chi connectivity index (χ4v) is 3.90. The van der Waals surface area contributed by atoms with Gasteiger partial charge in [0.15, 0.2) is 6.61 Å². The summed E-state index contributed by atoms with van der Waals surface area (Å²) in [5, 5.41) is 10.4. The predicted octanol–water partition coefficient (Wildman–Crippen LogP) is 3.60. The lowest BCUT2D eigenvalue weighted by molar-refractivity contribution is -0.184.